The lowest BCUT2D eigenvalue weighted by Gasteiger charge is -2.12. The number of carbonyl (C=O) groups excluding carboxylic acids is 1. The SMILES string of the molecule is C[C@H](NC(=O)c1ccc2nc(Cl)sc2c1)C1CC1. The normalized spacial score (nSPS) is 16.8. The fourth-order valence-electron chi connectivity index (χ4n) is 2.04. The number of hydrogen-bond acceptors (Lipinski definition) is 3. The highest BCUT2D eigenvalue weighted by Crippen LogP contribution is 2.32. The van der Waals surface area contributed by atoms with E-state index in [-0.39, 0.29) is 11.9 Å². The fourth-order valence-corrected chi connectivity index (χ4v) is 3.11. The van der Waals surface area contributed by atoms with Crippen molar-refractivity contribution in [3.63, 3.8) is 0 Å². The molecular formula is C13H13ClN2OS. The molecule has 0 unspecified atom stereocenters. The number of hydrogen-bond donors (Lipinski definition) is 1. The summed E-state index contributed by atoms with van der Waals surface area (Å²) in [6.07, 6.45) is 2.45. The van der Waals surface area contributed by atoms with E-state index in [0.29, 0.717) is 15.9 Å². The molecule has 1 fully saturated rings. The van der Waals surface area contributed by atoms with Crippen molar-refractivity contribution in [3.05, 3.63) is 28.2 Å². The van der Waals surface area contributed by atoms with Crippen LogP contribution in [0.25, 0.3) is 10.2 Å². The van der Waals surface area contributed by atoms with Crippen LogP contribution in [-0.4, -0.2) is 16.9 Å². The predicted octanol–water partition coefficient (Wildman–Crippen LogP) is 3.48. The van der Waals surface area contributed by atoms with Crippen LogP contribution in [0.4, 0.5) is 0 Å². The minimum atomic E-state index is -0.0131. The van der Waals surface area contributed by atoms with E-state index in [4.69, 9.17) is 11.6 Å². The predicted molar refractivity (Wildman–Crippen MR) is 74.3 cm³/mol. The lowest BCUT2D eigenvalue weighted by atomic mass is 10.1. The minimum Gasteiger partial charge on any atom is -0.349 e. The Kier molecular flexibility index (Phi) is 2.99. The number of thiazole rings is 1. The van der Waals surface area contributed by atoms with Gasteiger partial charge in [-0.05, 0) is 43.9 Å². The van der Waals surface area contributed by atoms with Crippen molar-refractivity contribution in [1.29, 1.82) is 0 Å². The topological polar surface area (TPSA) is 42.0 Å². The van der Waals surface area contributed by atoms with Crippen LogP contribution >= 0.6 is 22.9 Å². The molecule has 0 spiro atoms. The standard InChI is InChI=1S/C13H13ClN2OS/c1-7(8-2-3-8)15-12(17)9-4-5-10-11(6-9)18-13(14)16-10/h4-8H,2-3H2,1H3,(H,15,17)/t7-/m0/s1. The number of benzene rings is 1. The molecule has 1 amide bonds. The number of fused-ring (bicyclic) bond motifs is 1. The number of amides is 1. The summed E-state index contributed by atoms with van der Waals surface area (Å²) in [6, 6.07) is 5.76. The van der Waals surface area contributed by atoms with Gasteiger partial charge in [0, 0.05) is 11.6 Å². The smallest absolute Gasteiger partial charge is 0.251 e. The summed E-state index contributed by atoms with van der Waals surface area (Å²) in [5.41, 5.74) is 1.52. The van der Waals surface area contributed by atoms with Crippen LogP contribution in [0.2, 0.25) is 4.47 Å². The second-order valence-corrected chi connectivity index (χ2v) is 6.36. The Morgan fingerprint density at radius 1 is 1.56 bits per heavy atom. The van der Waals surface area contributed by atoms with E-state index in [2.05, 4.69) is 17.2 Å². The highest BCUT2D eigenvalue weighted by Gasteiger charge is 2.29. The van der Waals surface area contributed by atoms with Gasteiger partial charge in [-0.3, -0.25) is 4.79 Å². The van der Waals surface area contributed by atoms with Gasteiger partial charge in [0.1, 0.15) is 0 Å². The molecule has 2 aromatic rings. The Balaban J connectivity index is 1.81. The zero-order valence-corrected chi connectivity index (χ0v) is 11.5. The van der Waals surface area contributed by atoms with Gasteiger partial charge in [0.15, 0.2) is 4.47 Å². The van der Waals surface area contributed by atoms with E-state index in [1.54, 1.807) is 6.07 Å². The zero-order chi connectivity index (χ0) is 12.7. The van der Waals surface area contributed by atoms with Gasteiger partial charge in [-0.2, -0.15) is 0 Å². The first kappa shape index (κ1) is 11.9. The molecule has 0 radical (unpaired) electrons. The molecule has 3 nitrogen and oxygen atoms in total. The van der Waals surface area contributed by atoms with Crippen molar-refractivity contribution in [1.82, 2.24) is 10.3 Å². The summed E-state index contributed by atoms with van der Waals surface area (Å²) in [4.78, 5) is 16.2. The number of carbonyl (C=O) groups is 1. The van der Waals surface area contributed by atoms with Crippen LogP contribution in [0, 0.1) is 5.92 Å². The average molecular weight is 281 g/mol. The number of halogens is 1. The van der Waals surface area contributed by atoms with Crippen molar-refractivity contribution in [2.75, 3.05) is 0 Å². The van der Waals surface area contributed by atoms with Gasteiger partial charge in [0.25, 0.3) is 5.91 Å². The Morgan fingerprint density at radius 3 is 3.06 bits per heavy atom. The lowest BCUT2D eigenvalue weighted by Crippen LogP contribution is -2.33. The van der Waals surface area contributed by atoms with Crippen molar-refractivity contribution >= 4 is 39.1 Å². The van der Waals surface area contributed by atoms with Gasteiger partial charge in [0.05, 0.1) is 10.2 Å². The molecule has 5 heteroatoms. The van der Waals surface area contributed by atoms with Crippen LogP contribution in [0.3, 0.4) is 0 Å². The van der Waals surface area contributed by atoms with Gasteiger partial charge in [-0.25, -0.2) is 4.98 Å². The molecule has 3 rings (SSSR count). The quantitative estimate of drug-likeness (QED) is 0.935. The molecule has 1 heterocycles. The van der Waals surface area contributed by atoms with E-state index in [1.807, 2.05) is 12.1 Å². The highest BCUT2D eigenvalue weighted by atomic mass is 35.5. The first-order valence-corrected chi connectivity index (χ1v) is 7.20. The third-order valence-corrected chi connectivity index (χ3v) is 4.44. The van der Waals surface area contributed by atoms with Crippen LogP contribution < -0.4 is 5.32 Å². The average Bonchev–Trinajstić information content (AvgIpc) is 3.10. The molecular weight excluding hydrogens is 268 g/mol. The summed E-state index contributed by atoms with van der Waals surface area (Å²) >= 11 is 7.25. The van der Waals surface area contributed by atoms with Gasteiger partial charge < -0.3 is 5.32 Å². The summed E-state index contributed by atoms with van der Waals surface area (Å²) in [5.74, 6) is 0.649. The van der Waals surface area contributed by atoms with Crippen LogP contribution in [0.5, 0.6) is 0 Å². The molecule has 0 saturated heterocycles. The molecule has 1 aliphatic carbocycles. The maximum absolute atomic E-state index is 12.1. The molecule has 1 saturated carbocycles. The van der Waals surface area contributed by atoms with Crippen molar-refractivity contribution in [2.45, 2.75) is 25.8 Å². The van der Waals surface area contributed by atoms with Gasteiger partial charge in [-0.1, -0.05) is 11.6 Å². The summed E-state index contributed by atoms with van der Waals surface area (Å²) < 4.78 is 1.46. The third-order valence-electron chi connectivity index (χ3n) is 3.31. The molecule has 1 aromatic heterocycles. The molecule has 1 aliphatic rings. The van der Waals surface area contributed by atoms with Crippen LogP contribution in [0.15, 0.2) is 18.2 Å². The van der Waals surface area contributed by atoms with E-state index >= 15 is 0 Å². The Hall–Kier alpha value is -1.13. The summed E-state index contributed by atoms with van der Waals surface area (Å²) in [7, 11) is 0. The molecule has 1 N–H and O–H groups in total. The van der Waals surface area contributed by atoms with Crippen molar-refractivity contribution in [2.24, 2.45) is 5.92 Å². The second-order valence-electron chi connectivity index (χ2n) is 4.75. The molecule has 94 valence electrons. The van der Waals surface area contributed by atoms with Crippen molar-refractivity contribution < 1.29 is 4.79 Å². The highest BCUT2D eigenvalue weighted by molar-refractivity contribution is 7.22. The first-order chi connectivity index (χ1) is 8.63. The zero-order valence-electron chi connectivity index (χ0n) is 9.94. The van der Waals surface area contributed by atoms with E-state index in [9.17, 15) is 4.79 Å². The Morgan fingerprint density at radius 2 is 2.33 bits per heavy atom. The van der Waals surface area contributed by atoms with E-state index in [0.717, 1.165) is 10.2 Å². The number of aromatic nitrogens is 1. The lowest BCUT2D eigenvalue weighted by molar-refractivity contribution is 0.0936. The molecule has 0 aliphatic heterocycles. The van der Waals surface area contributed by atoms with Crippen molar-refractivity contribution in [3.8, 4) is 0 Å². The fraction of sp³-hybridized carbons (Fsp3) is 0.385. The second kappa shape index (κ2) is 4.52. The van der Waals surface area contributed by atoms with Gasteiger partial charge in [0.2, 0.25) is 0 Å². The van der Waals surface area contributed by atoms with Crippen LogP contribution in [0.1, 0.15) is 30.1 Å². The molecule has 1 aromatic carbocycles. The summed E-state index contributed by atoms with van der Waals surface area (Å²) in [5, 5.41) is 3.04. The summed E-state index contributed by atoms with van der Waals surface area (Å²) in [6.45, 7) is 2.07. The maximum Gasteiger partial charge on any atom is 0.251 e. The Bertz CT molecular complexity index is 606. The Labute approximate surface area is 114 Å². The monoisotopic (exact) mass is 280 g/mol. The van der Waals surface area contributed by atoms with Crippen LogP contribution in [-0.2, 0) is 0 Å². The number of nitrogens with zero attached hydrogens (tertiary/aromatic N) is 1. The molecule has 0 bridgehead atoms. The van der Waals surface area contributed by atoms with E-state index < -0.39 is 0 Å². The first-order valence-electron chi connectivity index (χ1n) is 6.00. The molecule has 18 heavy (non-hydrogen) atoms. The largest absolute Gasteiger partial charge is 0.349 e. The minimum absolute atomic E-state index is 0.0131. The third kappa shape index (κ3) is 2.35. The molecule has 1 atom stereocenters. The maximum atomic E-state index is 12.1. The number of rotatable bonds is 3. The van der Waals surface area contributed by atoms with Gasteiger partial charge in [-0.15, -0.1) is 11.3 Å². The number of nitrogens with one attached hydrogen (secondary N) is 1. The van der Waals surface area contributed by atoms with Gasteiger partial charge >= 0.3 is 0 Å². The van der Waals surface area contributed by atoms with E-state index in [1.165, 1.54) is 24.2 Å².